The van der Waals surface area contributed by atoms with E-state index in [-0.39, 0.29) is 34.6 Å². The normalized spacial score (nSPS) is 12.7. The van der Waals surface area contributed by atoms with E-state index in [1.165, 1.54) is 22.5 Å². The number of nitrogens with one attached hydrogen (secondary N) is 1. The van der Waals surface area contributed by atoms with Gasteiger partial charge >= 0.3 is 5.97 Å². The number of carbonyl (C=O) groups is 2. The predicted molar refractivity (Wildman–Crippen MR) is 99.7 cm³/mol. The number of ether oxygens (including phenoxy) is 1. The van der Waals surface area contributed by atoms with Gasteiger partial charge in [-0.15, -0.1) is 0 Å². The first-order valence-electron chi connectivity index (χ1n) is 8.43. The number of rotatable bonds is 9. The molecule has 0 radical (unpaired) electrons. The molecular formula is C17H25ClN2O5S. The lowest BCUT2D eigenvalue weighted by molar-refractivity contribution is -0.124. The Bertz CT molecular complexity index is 748. The van der Waals surface area contributed by atoms with E-state index in [0.717, 1.165) is 6.42 Å². The topological polar surface area (TPSA) is 92.8 Å². The lowest BCUT2D eigenvalue weighted by atomic mass is 10.2. The van der Waals surface area contributed by atoms with Crippen LogP contribution < -0.4 is 5.32 Å². The summed E-state index contributed by atoms with van der Waals surface area (Å²) in [6, 6.07) is 3.83. The Balaban J connectivity index is 2.96. The molecule has 0 saturated carbocycles. The van der Waals surface area contributed by atoms with Crippen LogP contribution in [0.2, 0.25) is 5.02 Å². The van der Waals surface area contributed by atoms with Gasteiger partial charge in [0, 0.05) is 19.1 Å². The molecule has 0 heterocycles. The number of sulfonamides is 1. The van der Waals surface area contributed by atoms with E-state index in [9.17, 15) is 18.0 Å². The van der Waals surface area contributed by atoms with E-state index in [4.69, 9.17) is 16.3 Å². The summed E-state index contributed by atoms with van der Waals surface area (Å²) in [6.45, 7) is 7.29. The van der Waals surface area contributed by atoms with Crippen molar-refractivity contribution in [3.63, 3.8) is 0 Å². The quantitative estimate of drug-likeness (QED) is 0.638. The first kappa shape index (κ1) is 22.4. The molecular weight excluding hydrogens is 380 g/mol. The van der Waals surface area contributed by atoms with Gasteiger partial charge in [-0.1, -0.05) is 32.4 Å². The molecule has 0 unspecified atom stereocenters. The van der Waals surface area contributed by atoms with Crippen LogP contribution in [0.15, 0.2) is 23.1 Å². The molecule has 0 spiro atoms. The van der Waals surface area contributed by atoms with Crippen molar-refractivity contribution >= 4 is 33.5 Å². The van der Waals surface area contributed by atoms with E-state index in [2.05, 4.69) is 5.32 Å². The standard InChI is InChI=1S/C17H25ClN2O5S/c1-5-12(4)19-16(21)11-25-17(22)13-8-9-14(18)15(10-13)26(23,24)20(6-2)7-3/h8-10,12H,5-7,11H2,1-4H3,(H,19,21)/t12-/m1/s1. The highest BCUT2D eigenvalue weighted by molar-refractivity contribution is 7.89. The van der Waals surface area contributed by atoms with Crippen LogP contribution in [0.1, 0.15) is 44.5 Å². The van der Waals surface area contributed by atoms with Gasteiger partial charge in [-0.25, -0.2) is 13.2 Å². The van der Waals surface area contributed by atoms with E-state index >= 15 is 0 Å². The largest absolute Gasteiger partial charge is 0.452 e. The second kappa shape index (κ2) is 9.89. The van der Waals surface area contributed by atoms with Gasteiger partial charge < -0.3 is 10.1 Å². The lowest BCUT2D eigenvalue weighted by Gasteiger charge is -2.19. The van der Waals surface area contributed by atoms with Crippen molar-refractivity contribution in [1.82, 2.24) is 9.62 Å². The van der Waals surface area contributed by atoms with Crippen LogP contribution in [-0.2, 0) is 19.6 Å². The highest BCUT2D eigenvalue weighted by Gasteiger charge is 2.26. The van der Waals surface area contributed by atoms with Crippen LogP contribution in [0.5, 0.6) is 0 Å². The van der Waals surface area contributed by atoms with Crippen LogP contribution in [0.25, 0.3) is 0 Å². The van der Waals surface area contributed by atoms with Crippen LogP contribution >= 0.6 is 11.6 Å². The summed E-state index contributed by atoms with van der Waals surface area (Å²) < 4.78 is 31.5. The summed E-state index contributed by atoms with van der Waals surface area (Å²) in [6.07, 6.45) is 0.753. The summed E-state index contributed by atoms with van der Waals surface area (Å²) in [5, 5.41) is 2.69. The smallest absolute Gasteiger partial charge is 0.338 e. The first-order chi connectivity index (χ1) is 12.2. The van der Waals surface area contributed by atoms with Gasteiger partial charge in [-0.05, 0) is 31.5 Å². The third kappa shape index (κ3) is 5.69. The highest BCUT2D eigenvalue weighted by atomic mass is 35.5. The van der Waals surface area contributed by atoms with E-state index in [1.807, 2.05) is 13.8 Å². The second-order valence-corrected chi connectivity index (χ2v) is 8.00. The van der Waals surface area contributed by atoms with Crippen LogP contribution in [0.4, 0.5) is 0 Å². The fourth-order valence-corrected chi connectivity index (χ4v) is 4.12. The number of halogens is 1. The minimum absolute atomic E-state index is 0.0106. The first-order valence-corrected chi connectivity index (χ1v) is 10.2. The maximum absolute atomic E-state index is 12.6. The molecule has 0 saturated heterocycles. The van der Waals surface area contributed by atoms with Gasteiger partial charge in [-0.3, -0.25) is 4.79 Å². The Hall–Kier alpha value is -1.64. The van der Waals surface area contributed by atoms with Crippen molar-refractivity contribution < 1.29 is 22.7 Å². The van der Waals surface area contributed by atoms with Crippen molar-refractivity contribution in [2.24, 2.45) is 0 Å². The van der Waals surface area contributed by atoms with Crippen LogP contribution in [-0.4, -0.2) is 50.3 Å². The average molecular weight is 405 g/mol. The summed E-state index contributed by atoms with van der Waals surface area (Å²) >= 11 is 6.02. The molecule has 9 heteroatoms. The molecule has 1 rings (SSSR count). The Morgan fingerprint density at radius 2 is 1.85 bits per heavy atom. The average Bonchev–Trinajstić information content (AvgIpc) is 2.60. The van der Waals surface area contributed by atoms with Crippen molar-refractivity contribution in [2.75, 3.05) is 19.7 Å². The van der Waals surface area contributed by atoms with Gasteiger partial charge in [0.25, 0.3) is 5.91 Å². The minimum atomic E-state index is -3.82. The molecule has 0 fully saturated rings. The number of amides is 1. The number of carbonyl (C=O) groups excluding carboxylic acids is 2. The molecule has 146 valence electrons. The van der Waals surface area contributed by atoms with Crippen molar-refractivity contribution in [1.29, 1.82) is 0 Å². The minimum Gasteiger partial charge on any atom is -0.452 e. The SMILES string of the molecule is CC[C@@H](C)NC(=O)COC(=O)c1ccc(Cl)c(S(=O)(=O)N(CC)CC)c1. The molecule has 1 amide bonds. The Morgan fingerprint density at radius 3 is 2.38 bits per heavy atom. The van der Waals surface area contributed by atoms with Crippen molar-refractivity contribution in [2.45, 2.75) is 45.1 Å². The number of nitrogens with zero attached hydrogens (tertiary/aromatic N) is 1. The van der Waals surface area contributed by atoms with Crippen LogP contribution in [0.3, 0.4) is 0 Å². The van der Waals surface area contributed by atoms with E-state index in [1.54, 1.807) is 13.8 Å². The maximum Gasteiger partial charge on any atom is 0.338 e. The predicted octanol–water partition coefficient (Wildman–Crippen LogP) is 2.44. The summed E-state index contributed by atoms with van der Waals surface area (Å²) in [4.78, 5) is 23.7. The molecule has 1 aromatic rings. The highest BCUT2D eigenvalue weighted by Crippen LogP contribution is 2.26. The Morgan fingerprint density at radius 1 is 1.23 bits per heavy atom. The monoisotopic (exact) mass is 404 g/mol. The zero-order valence-corrected chi connectivity index (χ0v) is 17.0. The van der Waals surface area contributed by atoms with Gasteiger partial charge in [0.2, 0.25) is 10.0 Å². The summed E-state index contributed by atoms with van der Waals surface area (Å²) in [5.41, 5.74) is 0.0106. The summed E-state index contributed by atoms with van der Waals surface area (Å²) in [5.74, 6) is -1.21. The third-order valence-electron chi connectivity index (χ3n) is 3.84. The van der Waals surface area contributed by atoms with Gasteiger partial charge in [0.1, 0.15) is 4.90 Å². The number of hydrogen-bond donors (Lipinski definition) is 1. The molecule has 0 aliphatic rings. The fraction of sp³-hybridized carbons (Fsp3) is 0.529. The van der Waals surface area contributed by atoms with Crippen molar-refractivity contribution in [3.8, 4) is 0 Å². The molecule has 0 aromatic heterocycles. The van der Waals surface area contributed by atoms with Gasteiger partial charge in [0.05, 0.1) is 10.6 Å². The lowest BCUT2D eigenvalue weighted by Crippen LogP contribution is -2.35. The maximum atomic E-state index is 12.6. The molecule has 7 nitrogen and oxygen atoms in total. The molecule has 26 heavy (non-hydrogen) atoms. The van der Waals surface area contributed by atoms with E-state index < -0.39 is 28.5 Å². The van der Waals surface area contributed by atoms with Gasteiger partial charge in [0.15, 0.2) is 6.61 Å². The third-order valence-corrected chi connectivity index (χ3v) is 6.38. The number of hydrogen-bond acceptors (Lipinski definition) is 5. The molecule has 0 aliphatic heterocycles. The molecule has 1 N–H and O–H groups in total. The van der Waals surface area contributed by atoms with Crippen LogP contribution in [0, 0.1) is 0 Å². The molecule has 1 aromatic carbocycles. The molecule has 0 aliphatic carbocycles. The Labute approximate surface area is 159 Å². The fourth-order valence-electron chi connectivity index (χ4n) is 2.16. The van der Waals surface area contributed by atoms with Gasteiger partial charge in [-0.2, -0.15) is 4.31 Å². The Kier molecular flexibility index (Phi) is 8.52. The zero-order valence-electron chi connectivity index (χ0n) is 15.4. The zero-order chi connectivity index (χ0) is 19.9. The number of esters is 1. The molecule has 0 bridgehead atoms. The number of benzene rings is 1. The van der Waals surface area contributed by atoms with E-state index in [0.29, 0.717) is 0 Å². The second-order valence-electron chi connectivity index (χ2n) is 5.69. The molecule has 1 atom stereocenters. The van der Waals surface area contributed by atoms with Crippen molar-refractivity contribution in [3.05, 3.63) is 28.8 Å². The summed E-state index contributed by atoms with van der Waals surface area (Å²) in [7, 11) is -3.82.